The average molecular weight is 763 g/mol. The van der Waals surface area contributed by atoms with Crippen molar-refractivity contribution in [3.05, 3.63) is 133 Å². The monoisotopic (exact) mass is 763 g/mol. The van der Waals surface area contributed by atoms with Crippen LogP contribution in [-0.2, 0) is 12.8 Å². The first-order valence-electron chi connectivity index (χ1n) is 22.7. The van der Waals surface area contributed by atoms with Crippen LogP contribution < -0.4 is 0 Å². The molecule has 0 spiro atoms. The van der Waals surface area contributed by atoms with Crippen molar-refractivity contribution < 1.29 is 0 Å². The van der Waals surface area contributed by atoms with Crippen LogP contribution in [0.25, 0.3) is 12.2 Å². The summed E-state index contributed by atoms with van der Waals surface area (Å²) in [5.41, 5.74) is 7.79. The number of benzene rings is 2. The fourth-order valence-electron chi connectivity index (χ4n) is 6.85. The van der Waals surface area contributed by atoms with E-state index in [1.54, 1.807) is 6.08 Å². The molecule has 0 N–H and O–H groups in total. The molecule has 2 rings (SSSR count). The summed E-state index contributed by atoms with van der Waals surface area (Å²) < 4.78 is 0. The van der Waals surface area contributed by atoms with Gasteiger partial charge in [-0.25, -0.2) is 0 Å². The Bertz CT molecular complexity index is 1340. The van der Waals surface area contributed by atoms with Gasteiger partial charge in [0, 0.05) is 0 Å². The largest absolute Gasteiger partial charge is 0.0991 e. The zero-order chi connectivity index (χ0) is 42.1. The van der Waals surface area contributed by atoms with Crippen molar-refractivity contribution in [3.63, 3.8) is 0 Å². The SMILES string of the molecule is C=C/C=C/C=C(\C=C/C)CCCC.C=Cc1ccc(CCCCCC(C)(C)CCC(C)C)cc1.C=Cc1ccc(CCCCCC(C)(C)CCCC(C)C)cc1. The Labute approximate surface area is 350 Å². The summed E-state index contributed by atoms with van der Waals surface area (Å²) >= 11 is 0. The van der Waals surface area contributed by atoms with Crippen LogP contribution in [0.1, 0.15) is 194 Å². The molecule has 0 radical (unpaired) electrons. The molecule has 0 aliphatic carbocycles. The van der Waals surface area contributed by atoms with Crippen molar-refractivity contribution in [1.29, 1.82) is 0 Å². The number of unbranched alkanes of at least 4 members (excludes halogenated alkanes) is 5. The van der Waals surface area contributed by atoms with Gasteiger partial charge in [0.25, 0.3) is 0 Å². The van der Waals surface area contributed by atoms with Gasteiger partial charge in [0.15, 0.2) is 0 Å². The number of hydrogen-bond acceptors (Lipinski definition) is 0. The maximum Gasteiger partial charge on any atom is -0.0262 e. The summed E-state index contributed by atoms with van der Waals surface area (Å²) in [7, 11) is 0. The molecule has 56 heavy (non-hydrogen) atoms. The number of rotatable bonds is 27. The Morgan fingerprint density at radius 2 is 1.04 bits per heavy atom. The van der Waals surface area contributed by atoms with Crippen LogP contribution in [0.5, 0.6) is 0 Å². The first-order valence-corrected chi connectivity index (χ1v) is 22.7. The second-order valence-corrected chi connectivity index (χ2v) is 18.5. The molecular formula is C56H90. The van der Waals surface area contributed by atoms with E-state index in [4.69, 9.17) is 0 Å². The first kappa shape index (κ1) is 52.9. The normalized spacial score (nSPS) is 12.1. The molecule has 314 valence electrons. The fourth-order valence-corrected chi connectivity index (χ4v) is 6.85. The zero-order valence-electron chi connectivity index (χ0n) is 38.7. The molecule has 0 heteroatoms. The topological polar surface area (TPSA) is 0 Å². The van der Waals surface area contributed by atoms with E-state index in [9.17, 15) is 0 Å². The van der Waals surface area contributed by atoms with E-state index in [-0.39, 0.29) is 0 Å². The molecule has 0 bridgehead atoms. The minimum Gasteiger partial charge on any atom is -0.0991 e. The number of aryl methyl sites for hydroxylation is 2. The number of hydrogen-bond donors (Lipinski definition) is 0. The molecule has 0 saturated carbocycles. The van der Waals surface area contributed by atoms with Crippen molar-refractivity contribution in [2.45, 2.75) is 185 Å². The minimum atomic E-state index is 0.524. The summed E-state index contributed by atoms with van der Waals surface area (Å²) in [5, 5.41) is 0. The predicted octanol–water partition coefficient (Wildman–Crippen LogP) is 18.6. The standard InChI is InChI=1S/C22H36.C21H34.C13H20/c1-6-20-13-15-21(16-14-20)12-8-7-9-17-22(4,5)18-10-11-19(2)3;1-6-19-11-13-20(14-12-19)10-8-7-9-16-21(4,5)17-15-18(2)3;1-4-7-9-12-13(10-6-3)11-8-5-2/h6,13-16,19H,1,7-12,17-18H2,2-5H3;6,11-14,18H,1,7-10,15-17H2,2-5H3;4,6-7,9-10,12H,1,5,8,11H2,2-3H3/b;;9-7+,10-6-,13-12+. The van der Waals surface area contributed by atoms with Gasteiger partial charge in [0.1, 0.15) is 0 Å². The molecule has 0 unspecified atom stereocenters. The lowest BCUT2D eigenvalue weighted by Crippen LogP contribution is -2.12. The van der Waals surface area contributed by atoms with E-state index < -0.39 is 0 Å². The van der Waals surface area contributed by atoms with Crippen molar-refractivity contribution >= 4 is 12.2 Å². The minimum absolute atomic E-state index is 0.524. The second kappa shape index (κ2) is 32.9. The van der Waals surface area contributed by atoms with Gasteiger partial charge in [0.05, 0.1) is 0 Å². The van der Waals surface area contributed by atoms with Crippen LogP contribution in [0.3, 0.4) is 0 Å². The molecule has 2 aromatic rings. The molecule has 0 aliphatic rings. The lowest BCUT2D eigenvalue weighted by Gasteiger charge is -2.25. The van der Waals surface area contributed by atoms with Crippen LogP contribution in [0.2, 0.25) is 0 Å². The van der Waals surface area contributed by atoms with Gasteiger partial charge >= 0.3 is 0 Å². The Morgan fingerprint density at radius 1 is 0.571 bits per heavy atom. The summed E-state index contributed by atoms with van der Waals surface area (Å²) in [6, 6.07) is 17.6. The van der Waals surface area contributed by atoms with Crippen molar-refractivity contribution in [2.24, 2.45) is 22.7 Å². The fraction of sp³-hybridized carbons (Fsp3) is 0.571. The van der Waals surface area contributed by atoms with Crippen LogP contribution >= 0.6 is 0 Å². The van der Waals surface area contributed by atoms with Gasteiger partial charge in [-0.3, -0.25) is 0 Å². The van der Waals surface area contributed by atoms with Crippen LogP contribution in [0.4, 0.5) is 0 Å². The molecule has 0 aliphatic heterocycles. The third-order valence-electron chi connectivity index (χ3n) is 10.9. The molecule has 2 aromatic carbocycles. The summed E-state index contributed by atoms with van der Waals surface area (Å²) in [4.78, 5) is 0. The summed E-state index contributed by atoms with van der Waals surface area (Å²) in [6.45, 7) is 34.6. The smallest absolute Gasteiger partial charge is 0.0262 e. The Balaban J connectivity index is 0.000000839. The van der Waals surface area contributed by atoms with Gasteiger partial charge in [0.2, 0.25) is 0 Å². The Hall–Kier alpha value is -3.12. The summed E-state index contributed by atoms with van der Waals surface area (Å²) in [6.07, 6.45) is 39.8. The molecule has 0 atom stereocenters. The highest BCUT2D eigenvalue weighted by Crippen LogP contribution is 2.32. The van der Waals surface area contributed by atoms with Crippen molar-refractivity contribution in [3.8, 4) is 0 Å². The molecule has 0 heterocycles. The van der Waals surface area contributed by atoms with Crippen LogP contribution in [-0.4, -0.2) is 0 Å². The molecule has 0 nitrogen and oxygen atoms in total. The van der Waals surface area contributed by atoms with E-state index in [1.807, 2.05) is 24.3 Å². The van der Waals surface area contributed by atoms with Gasteiger partial charge in [-0.15, -0.1) is 0 Å². The molecular weight excluding hydrogens is 673 g/mol. The Kier molecular flexibility index (Phi) is 31.1. The van der Waals surface area contributed by atoms with E-state index >= 15 is 0 Å². The van der Waals surface area contributed by atoms with E-state index in [0.29, 0.717) is 10.8 Å². The van der Waals surface area contributed by atoms with Crippen LogP contribution in [0, 0.1) is 22.7 Å². The quantitative estimate of drug-likeness (QED) is 0.0628. The van der Waals surface area contributed by atoms with Crippen LogP contribution in [0.15, 0.2) is 110 Å². The number of allylic oxidation sites excluding steroid dienone is 7. The lowest BCUT2D eigenvalue weighted by molar-refractivity contribution is 0.271. The predicted molar refractivity (Wildman–Crippen MR) is 259 cm³/mol. The summed E-state index contributed by atoms with van der Waals surface area (Å²) in [5.74, 6) is 1.69. The third kappa shape index (κ3) is 31.0. The van der Waals surface area contributed by atoms with E-state index in [1.165, 1.54) is 143 Å². The lowest BCUT2D eigenvalue weighted by atomic mass is 9.81. The van der Waals surface area contributed by atoms with Crippen molar-refractivity contribution in [2.75, 3.05) is 0 Å². The second-order valence-electron chi connectivity index (χ2n) is 18.5. The highest BCUT2D eigenvalue weighted by Gasteiger charge is 2.18. The Morgan fingerprint density at radius 3 is 1.45 bits per heavy atom. The van der Waals surface area contributed by atoms with Gasteiger partial charge in [-0.1, -0.05) is 231 Å². The van der Waals surface area contributed by atoms with Gasteiger partial charge in [-0.2, -0.15) is 0 Å². The molecule has 0 saturated heterocycles. The third-order valence-corrected chi connectivity index (χ3v) is 10.9. The van der Waals surface area contributed by atoms with Gasteiger partial charge < -0.3 is 0 Å². The maximum absolute atomic E-state index is 3.80. The molecule has 0 aromatic heterocycles. The van der Waals surface area contributed by atoms with Crippen molar-refractivity contribution in [1.82, 2.24) is 0 Å². The van der Waals surface area contributed by atoms with E-state index in [0.717, 1.165) is 11.8 Å². The van der Waals surface area contributed by atoms with E-state index in [2.05, 4.69) is 156 Å². The highest BCUT2D eigenvalue weighted by atomic mass is 14.2. The average Bonchev–Trinajstić information content (AvgIpc) is 3.16. The first-order chi connectivity index (χ1) is 26.7. The highest BCUT2D eigenvalue weighted by molar-refractivity contribution is 5.47. The zero-order valence-corrected chi connectivity index (χ0v) is 38.7. The maximum atomic E-state index is 3.80. The van der Waals surface area contributed by atoms with Gasteiger partial charge in [-0.05, 0) is 122 Å². The molecule has 0 fully saturated rings. The molecule has 0 amide bonds.